The van der Waals surface area contributed by atoms with Gasteiger partial charge in [-0.1, -0.05) is 12.1 Å². The van der Waals surface area contributed by atoms with E-state index >= 15 is 0 Å². The van der Waals surface area contributed by atoms with Crippen LogP contribution in [0.4, 0.5) is 4.39 Å². The summed E-state index contributed by atoms with van der Waals surface area (Å²) in [5.74, 6) is -0.280. The van der Waals surface area contributed by atoms with Crippen molar-refractivity contribution in [1.82, 2.24) is 4.90 Å². The second-order valence-electron chi connectivity index (χ2n) is 4.80. The number of hydrogen-bond donors (Lipinski definition) is 1. The van der Waals surface area contributed by atoms with Crippen molar-refractivity contribution in [1.29, 1.82) is 0 Å². The zero-order valence-electron chi connectivity index (χ0n) is 8.82. The molecule has 1 aliphatic carbocycles. The number of piperidine rings is 1. The molecule has 0 aromatic heterocycles. The van der Waals surface area contributed by atoms with Crippen LogP contribution >= 0.6 is 0 Å². The van der Waals surface area contributed by atoms with Crippen LogP contribution in [0.25, 0.3) is 0 Å². The summed E-state index contributed by atoms with van der Waals surface area (Å²) in [5, 5.41) is 0. The van der Waals surface area contributed by atoms with Crippen LogP contribution in [0.2, 0.25) is 0 Å². The van der Waals surface area contributed by atoms with Crippen LogP contribution in [-0.2, 0) is 0 Å². The molecule has 2 atom stereocenters. The fraction of sp³-hybridized carbons (Fsp3) is 0.417. The summed E-state index contributed by atoms with van der Waals surface area (Å²) >= 11 is 0. The molecular formula is C12H13FN2O. The third-order valence-corrected chi connectivity index (χ3v) is 3.60. The number of halogens is 1. The fourth-order valence-corrected chi connectivity index (χ4v) is 2.49. The van der Waals surface area contributed by atoms with Crippen LogP contribution in [0.5, 0.6) is 0 Å². The molecular weight excluding hydrogens is 207 g/mol. The average molecular weight is 220 g/mol. The van der Waals surface area contributed by atoms with E-state index in [9.17, 15) is 9.18 Å². The van der Waals surface area contributed by atoms with Gasteiger partial charge in [0.2, 0.25) is 0 Å². The molecule has 16 heavy (non-hydrogen) atoms. The lowest BCUT2D eigenvalue weighted by Gasteiger charge is -2.19. The van der Waals surface area contributed by atoms with Gasteiger partial charge in [0.1, 0.15) is 5.82 Å². The molecule has 0 radical (unpaired) electrons. The number of amides is 1. The minimum atomic E-state index is -0.459. The van der Waals surface area contributed by atoms with Gasteiger partial charge in [-0.2, -0.15) is 0 Å². The highest BCUT2D eigenvalue weighted by atomic mass is 19.1. The Balaban J connectivity index is 1.82. The first-order valence-electron chi connectivity index (χ1n) is 5.43. The number of rotatable bonds is 1. The van der Waals surface area contributed by atoms with E-state index in [2.05, 4.69) is 0 Å². The van der Waals surface area contributed by atoms with Gasteiger partial charge in [0.05, 0.1) is 5.56 Å². The molecule has 2 unspecified atom stereocenters. The van der Waals surface area contributed by atoms with Crippen LogP contribution in [0.15, 0.2) is 24.3 Å². The molecule has 1 amide bonds. The molecule has 2 fully saturated rings. The number of carbonyl (C=O) groups excluding carboxylic acids is 1. The minimum Gasteiger partial charge on any atom is -0.336 e. The highest BCUT2D eigenvalue weighted by Gasteiger charge is 2.58. The van der Waals surface area contributed by atoms with Crippen molar-refractivity contribution in [3.63, 3.8) is 0 Å². The highest BCUT2D eigenvalue weighted by molar-refractivity contribution is 5.95. The van der Waals surface area contributed by atoms with E-state index < -0.39 is 5.82 Å². The number of carbonyl (C=O) groups is 1. The quantitative estimate of drug-likeness (QED) is 0.767. The predicted octanol–water partition coefficient (Wildman–Crippen LogP) is 0.999. The first-order valence-corrected chi connectivity index (χ1v) is 5.43. The third kappa shape index (κ3) is 1.33. The van der Waals surface area contributed by atoms with Crippen molar-refractivity contribution in [3.8, 4) is 0 Å². The number of likely N-dealkylation sites (tertiary alicyclic amines) is 1. The van der Waals surface area contributed by atoms with E-state index in [0.29, 0.717) is 19.0 Å². The zero-order valence-corrected chi connectivity index (χ0v) is 8.82. The van der Waals surface area contributed by atoms with Crippen LogP contribution in [0, 0.1) is 11.7 Å². The van der Waals surface area contributed by atoms with Gasteiger partial charge in [-0.15, -0.1) is 0 Å². The molecule has 2 aliphatic rings. The van der Waals surface area contributed by atoms with Gasteiger partial charge in [0, 0.05) is 18.6 Å². The third-order valence-electron chi connectivity index (χ3n) is 3.60. The summed E-state index contributed by atoms with van der Waals surface area (Å²) in [4.78, 5) is 13.7. The SMILES string of the molecule is NC12CC1CN(C(=O)c1ccccc1F)C2. The molecule has 0 bridgehead atoms. The van der Waals surface area contributed by atoms with Crippen molar-refractivity contribution in [3.05, 3.63) is 35.6 Å². The first kappa shape index (κ1) is 9.78. The fourth-order valence-electron chi connectivity index (χ4n) is 2.49. The van der Waals surface area contributed by atoms with Gasteiger partial charge in [0.15, 0.2) is 0 Å². The average Bonchev–Trinajstić information content (AvgIpc) is 2.77. The van der Waals surface area contributed by atoms with Gasteiger partial charge < -0.3 is 10.6 Å². The molecule has 3 rings (SSSR count). The van der Waals surface area contributed by atoms with Gasteiger partial charge in [-0.05, 0) is 24.5 Å². The summed E-state index contributed by atoms with van der Waals surface area (Å²) in [7, 11) is 0. The normalized spacial score (nSPS) is 31.4. The lowest BCUT2D eigenvalue weighted by Crippen LogP contribution is -2.37. The lowest BCUT2D eigenvalue weighted by molar-refractivity contribution is 0.0768. The lowest BCUT2D eigenvalue weighted by atomic mass is 10.2. The van der Waals surface area contributed by atoms with E-state index in [4.69, 9.17) is 5.73 Å². The molecule has 2 N–H and O–H groups in total. The summed E-state index contributed by atoms with van der Waals surface area (Å²) in [6, 6.07) is 6.08. The maximum atomic E-state index is 13.4. The maximum Gasteiger partial charge on any atom is 0.256 e. The summed E-state index contributed by atoms with van der Waals surface area (Å²) in [6.07, 6.45) is 0.994. The smallest absolute Gasteiger partial charge is 0.256 e. The molecule has 3 nitrogen and oxygen atoms in total. The number of nitrogens with zero attached hydrogens (tertiary/aromatic N) is 1. The summed E-state index contributed by atoms with van der Waals surface area (Å²) in [6.45, 7) is 1.23. The standard InChI is InChI=1S/C12H13FN2O/c13-10-4-2-1-3-9(10)11(16)15-6-8-5-12(8,14)7-15/h1-4,8H,5-7,14H2. The summed E-state index contributed by atoms with van der Waals surface area (Å²) < 4.78 is 13.4. The summed E-state index contributed by atoms with van der Waals surface area (Å²) in [5.41, 5.74) is 5.97. The maximum absolute atomic E-state index is 13.4. The van der Waals surface area contributed by atoms with Crippen LogP contribution in [-0.4, -0.2) is 29.4 Å². The van der Waals surface area contributed by atoms with E-state index in [-0.39, 0.29) is 17.0 Å². The van der Waals surface area contributed by atoms with Crippen LogP contribution in [0.1, 0.15) is 16.8 Å². The van der Waals surface area contributed by atoms with E-state index in [0.717, 1.165) is 6.42 Å². The second-order valence-corrected chi connectivity index (χ2v) is 4.80. The van der Waals surface area contributed by atoms with E-state index in [1.807, 2.05) is 0 Å². The van der Waals surface area contributed by atoms with Gasteiger partial charge >= 0.3 is 0 Å². The zero-order chi connectivity index (χ0) is 11.3. The number of fused-ring (bicyclic) bond motifs is 1. The molecule has 84 valence electrons. The van der Waals surface area contributed by atoms with E-state index in [1.165, 1.54) is 12.1 Å². The van der Waals surface area contributed by atoms with Crippen molar-refractivity contribution < 1.29 is 9.18 Å². The van der Waals surface area contributed by atoms with Crippen LogP contribution < -0.4 is 5.73 Å². The molecule has 1 heterocycles. The Bertz CT molecular complexity index is 462. The van der Waals surface area contributed by atoms with Gasteiger partial charge in [0.25, 0.3) is 5.91 Å². The number of benzene rings is 1. The Hall–Kier alpha value is -1.42. The van der Waals surface area contributed by atoms with Crippen molar-refractivity contribution in [2.75, 3.05) is 13.1 Å². The molecule has 1 saturated heterocycles. The van der Waals surface area contributed by atoms with Crippen molar-refractivity contribution in [2.24, 2.45) is 11.7 Å². The Morgan fingerprint density at radius 1 is 1.50 bits per heavy atom. The molecule has 0 spiro atoms. The Morgan fingerprint density at radius 3 is 2.88 bits per heavy atom. The Morgan fingerprint density at radius 2 is 2.25 bits per heavy atom. The monoisotopic (exact) mass is 220 g/mol. The van der Waals surface area contributed by atoms with Gasteiger partial charge in [-0.25, -0.2) is 4.39 Å². The number of hydrogen-bond acceptors (Lipinski definition) is 2. The molecule has 4 heteroatoms. The molecule has 1 aromatic rings. The minimum absolute atomic E-state index is 0.146. The second kappa shape index (κ2) is 3.04. The molecule has 1 aliphatic heterocycles. The Labute approximate surface area is 93.0 Å². The highest BCUT2D eigenvalue weighted by Crippen LogP contribution is 2.47. The Kier molecular flexibility index (Phi) is 1.86. The molecule has 1 aromatic carbocycles. The van der Waals surface area contributed by atoms with E-state index in [1.54, 1.807) is 17.0 Å². The van der Waals surface area contributed by atoms with Crippen molar-refractivity contribution >= 4 is 5.91 Å². The van der Waals surface area contributed by atoms with Crippen LogP contribution in [0.3, 0.4) is 0 Å². The topological polar surface area (TPSA) is 46.3 Å². The van der Waals surface area contributed by atoms with Crippen molar-refractivity contribution in [2.45, 2.75) is 12.0 Å². The first-order chi connectivity index (χ1) is 7.60. The molecule has 1 saturated carbocycles. The number of nitrogens with two attached hydrogens (primary N) is 1. The predicted molar refractivity (Wildman–Crippen MR) is 57.3 cm³/mol. The van der Waals surface area contributed by atoms with Gasteiger partial charge in [-0.3, -0.25) is 4.79 Å². The largest absolute Gasteiger partial charge is 0.336 e.